The second-order valence-electron chi connectivity index (χ2n) is 5.16. The first kappa shape index (κ1) is 16.7. The first-order valence-corrected chi connectivity index (χ1v) is 8.27. The van der Waals surface area contributed by atoms with Crippen LogP contribution in [0.25, 0.3) is 0 Å². The zero-order valence-corrected chi connectivity index (χ0v) is 14.1. The molecule has 0 atom stereocenters. The SMILES string of the molecule is COc1ccc(NC(=O)c2c[nH]c(=O)n(Cc3cccs3)c2=O)cc1. The van der Waals surface area contributed by atoms with E-state index < -0.39 is 17.2 Å². The number of nitrogens with one attached hydrogen (secondary N) is 2. The molecule has 1 aromatic carbocycles. The fourth-order valence-electron chi connectivity index (χ4n) is 2.25. The number of aromatic nitrogens is 2. The summed E-state index contributed by atoms with van der Waals surface area (Å²) in [5, 5.41) is 4.48. The number of rotatable bonds is 5. The number of carbonyl (C=O) groups excluding carboxylic acids is 1. The van der Waals surface area contributed by atoms with Crippen LogP contribution < -0.4 is 21.3 Å². The van der Waals surface area contributed by atoms with Gasteiger partial charge in [-0.15, -0.1) is 11.3 Å². The summed E-state index contributed by atoms with van der Waals surface area (Å²) in [5.74, 6) is 0.0618. The third-order valence-electron chi connectivity index (χ3n) is 3.55. The number of methoxy groups -OCH3 is 1. The van der Waals surface area contributed by atoms with Crippen LogP contribution in [-0.4, -0.2) is 22.6 Å². The van der Waals surface area contributed by atoms with Gasteiger partial charge in [0.15, 0.2) is 0 Å². The van der Waals surface area contributed by atoms with Crippen molar-refractivity contribution < 1.29 is 9.53 Å². The van der Waals surface area contributed by atoms with Gasteiger partial charge in [-0.25, -0.2) is 4.79 Å². The molecular weight excluding hydrogens is 342 g/mol. The van der Waals surface area contributed by atoms with Crippen molar-refractivity contribution in [2.24, 2.45) is 0 Å². The van der Waals surface area contributed by atoms with Gasteiger partial charge in [0, 0.05) is 16.8 Å². The lowest BCUT2D eigenvalue weighted by Crippen LogP contribution is -2.39. The van der Waals surface area contributed by atoms with Crippen LogP contribution in [0.15, 0.2) is 57.6 Å². The zero-order chi connectivity index (χ0) is 17.8. The van der Waals surface area contributed by atoms with Gasteiger partial charge < -0.3 is 15.0 Å². The molecule has 0 aliphatic rings. The van der Waals surface area contributed by atoms with Crippen LogP contribution in [-0.2, 0) is 6.54 Å². The number of anilines is 1. The van der Waals surface area contributed by atoms with E-state index in [1.165, 1.54) is 11.3 Å². The average molecular weight is 357 g/mol. The quantitative estimate of drug-likeness (QED) is 0.729. The summed E-state index contributed by atoms with van der Waals surface area (Å²) in [5.41, 5.74) is -0.809. The molecule has 1 amide bonds. The lowest BCUT2D eigenvalue weighted by atomic mass is 10.2. The van der Waals surface area contributed by atoms with Gasteiger partial charge in [0.2, 0.25) is 0 Å². The second kappa shape index (κ2) is 7.18. The summed E-state index contributed by atoms with van der Waals surface area (Å²) in [7, 11) is 1.55. The normalized spacial score (nSPS) is 10.4. The van der Waals surface area contributed by atoms with Crippen molar-refractivity contribution >= 4 is 22.9 Å². The van der Waals surface area contributed by atoms with Crippen molar-refractivity contribution in [1.82, 2.24) is 9.55 Å². The summed E-state index contributed by atoms with van der Waals surface area (Å²) >= 11 is 1.43. The van der Waals surface area contributed by atoms with Gasteiger partial charge in [0.1, 0.15) is 11.3 Å². The fourth-order valence-corrected chi connectivity index (χ4v) is 2.94. The number of nitrogens with zero attached hydrogens (tertiary/aromatic N) is 1. The van der Waals surface area contributed by atoms with Crippen molar-refractivity contribution in [1.29, 1.82) is 0 Å². The maximum absolute atomic E-state index is 12.5. The largest absolute Gasteiger partial charge is 0.497 e. The Kier molecular flexibility index (Phi) is 4.80. The van der Waals surface area contributed by atoms with E-state index in [2.05, 4.69) is 10.3 Å². The number of hydrogen-bond donors (Lipinski definition) is 2. The van der Waals surface area contributed by atoms with Crippen LogP contribution >= 0.6 is 11.3 Å². The van der Waals surface area contributed by atoms with E-state index in [0.29, 0.717) is 11.4 Å². The molecule has 0 fully saturated rings. The van der Waals surface area contributed by atoms with E-state index in [-0.39, 0.29) is 12.1 Å². The molecule has 25 heavy (non-hydrogen) atoms. The molecule has 0 bridgehead atoms. The number of thiophene rings is 1. The van der Waals surface area contributed by atoms with E-state index in [1.807, 2.05) is 17.5 Å². The Balaban J connectivity index is 1.87. The highest BCUT2D eigenvalue weighted by molar-refractivity contribution is 7.09. The highest BCUT2D eigenvalue weighted by Gasteiger charge is 2.15. The Bertz CT molecular complexity index is 988. The van der Waals surface area contributed by atoms with Gasteiger partial charge in [0.25, 0.3) is 11.5 Å². The Morgan fingerprint density at radius 2 is 2.00 bits per heavy atom. The van der Waals surface area contributed by atoms with Crippen LogP contribution in [0.4, 0.5) is 5.69 Å². The maximum Gasteiger partial charge on any atom is 0.328 e. The number of hydrogen-bond acceptors (Lipinski definition) is 5. The monoisotopic (exact) mass is 357 g/mol. The molecule has 3 aromatic rings. The Hall–Kier alpha value is -3.13. The van der Waals surface area contributed by atoms with Gasteiger partial charge in [-0.1, -0.05) is 6.07 Å². The summed E-state index contributed by atoms with van der Waals surface area (Å²) < 4.78 is 6.06. The number of benzene rings is 1. The molecule has 0 spiro atoms. The molecule has 0 saturated carbocycles. The van der Waals surface area contributed by atoms with Crippen LogP contribution in [0.1, 0.15) is 15.2 Å². The Morgan fingerprint density at radius 1 is 1.24 bits per heavy atom. The maximum atomic E-state index is 12.5. The summed E-state index contributed by atoms with van der Waals surface area (Å²) in [4.78, 5) is 40.1. The number of H-pyrrole nitrogens is 1. The van der Waals surface area contributed by atoms with E-state index in [0.717, 1.165) is 15.6 Å². The molecule has 2 aromatic heterocycles. The number of ether oxygens (including phenoxy) is 1. The molecule has 3 rings (SSSR count). The minimum atomic E-state index is -0.636. The van der Waals surface area contributed by atoms with Gasteiger partial charge >= 0.3 is 5.69 Å². The zero-order valence-electron chi connectivity index (χ0n) is 13.3. The van der Waals surface area contributed by atoms with Crippen molar-refractivity contribution in [3.05, 3.63) is 79.3 Å². The lowest BCUT2D eigenvalue weighted by Gasteiger charge is -2.08. The first-order valence-electron chi connectivity index (χ1n) is 7.39. The topological polar surface area (TPSA) is 93.2 Å². The van der Waals surface area contributed by atoms with Crippen LogP contribution in [0.3, 0.4) is 0 Å². The van der Waals surface area contributed by atoms with Crippen LogP contribution in [0, 0.1) is 0 Å². The first-order chi connectivity index (χ1) is 12.1. The average Bonchev–Trinajstić information content (AvgIpc) is 3.12. The molecule has 0 aliphatic heterocycles. The highest BCUT2D eigenvalue weighted by Crippen LogP contribution is 2.15. The smallest absolute Gasteiger partial charge is 0.328 e. The van der Waals surface area contributed by atoms with Crippen LogP contribution in [0.5, 0.6) is 5.75 Å². The Labute approximate surface area is 146 Å². The van der Waals surface area contributed by atoms with Crippen molar-refractivity contribution in [3.8, 4) is 5.75 Å². The molecule has 128 valence electrons. The van der Waals surface area contributed by atoms with Crippen molar-refractivity contribution in [2.45, 2.75) is 6.54 Å². The predicted molar refractivity (Wildman–Crippen MR) is 95.7 cm³/mol. The van der Waals surface area contributed by atoms with Gasteiger partial charge in [0.05, 0.1) is 13.7 Å². The standard InChI is InChI=1S/C17H15N3O4S/c1-24-12-6-4-11(5-7-12)19-15(21)14-9-18-17(23)20(16(14)22)10-13-3-2-8-25-13/h2-9H,10H2,1H3,(H,18,23)(H,19,21). The summed E-state index contributed by atoms with van der Waals surface area (Å²) in [6.45, 7) is 0.121. The molecular formula is C17H15N3O4S. The Morgan fingerprint density at radius 3 is 2.64 bits per heavy atom. The third-order valence-corrected chi connectivity index (χ3v) is 4.41. The molecule has 2 N–H and O–H groups in total. The molecule has 8 heteroatoms. The van der Waals surface area contributed by atoms with E-state index in [9.17, 15) is 14.4 Å². The molecule has 0 saturated heterocycles. The predicted octanol–water partition coefficient (Wildman–Crippen LogP) is 1.91. The van der Waals surface area contributed by atoms with Gasteiger partial charge in [-0.3, -0.25) is 14.2 Å². The van der Waals surface area contributed by atoms with Crippen LogP contribution in [0.2, 0.25) is 0 Å². The van der Waals surface area contributed by atoms with E-state index in [4.69, 9.17) is 4.74 Å². The minimum Gasteiger partial charge on any atom is -0.497 e. The number of carbonyl (C=O) groups is 1. The highest BCUT2D eigenvalue weighted by atomic mass is 32.1. The molecule has 0 aliphatic carbocycles. The molecule has 0 unspecified atom stereocenters. The second-order valence-corrected chi connectivity index (χ2v) is 6.19. The van der Waals surface area contributed by atoms with Gasteiger partial charge in [-0.2, -0.15) is 0 Å². The van der Waals surface area contributed by atoms with Gasteiger partial charge in [-0.05, 0) is 35.7 Å². The number of aromatic amines is 1. The number of amides is 1. The summed E-state index contributed by atoms with van der Waals surface area (Å²) in [6.07, 6.45) is 1.13. The van der Waals surface area contributed by atoms with Crippen molar-refractivity contribution in [3.63, 3.8) is 0 Å². The third kappa shape index (κ3) is 3.69. The minimum absolute atomic E-state index is 0.121. The van der Waals surface area contributed by atoms with E-state index >= 15 is 0 Å². The molecule has 2 heterocycles. The molecule has 0 radical (unpaired) electrons. The lowest BCUT2D eigenvalue weighted by molar-refractivity contribution is 0.102. The van der Waals surface area contributed by atoms with E-state index in [1.54, 1.807) is 31.4 Å². The molecule has 7 nitrogen and oxygen atoms in total. The summed E-state index contributed by atoms with van der Waals surface area (Å²) in [6, 6.07) is 10.4. The van der Waals surface area contributed by atoms with Crippen molar-refractivity contribution in [2.75, 3.05) is 12.4 Å². The fraction of sp³-hybridized carbons (Fsp3) is 0.118.